The first-order valence-corrected chi connectivity index (χ1v) is 18.8. The summed E-state index contributed by atoms with van der Waals surface area (Å²) < 4.78 is 0. The van der Waals surface area contributed by atoms with E-state index in [1.807, 2.05) is 44.2 Å². The first kappa shape index (κ1) is 38.2. The van der Waals surface area contributed by atoms with E-state index in [-0.39, 0.29) is 5.92 Å². The lowest BCUT2D eigenvalue weighted by Crippen LogP contribution is -2.22. The smallest absolute Gasteiger partial charge is 0.124 e. The van der Waals surface area contributed by atoms with E-state index in [0.29, 0.717) is 6.61 Å². The molecule has 4 aromatic heterocycles. The molecule has 0 aliphatic heterocycles. The van der Waals surface area contributed by atoms with Gasteiger partial charge >= 0.3 is 0 Å². The monoisotopic (exact) mass is 730 g/mol. The van der Waals surface area contributed by atoms with Crippen LogP contribution in [0.15, 0.2) is 81.3 Å². The maximum atomic E-state index is 5.97. The van der Waals surface area contributed by atoms with Gasteiger partial charge in [0.15, 0.2) is 0 Å². The molecule has 0 bridgehead atoms. The fourth-order valence-corrected chi connectivity index (χ4v) is 7.05. The number of fused-ring (bicyclic) bond motifs is 2. The molecule has 282 valence electrons. The number of aryl methyl sites for hydroxylation is 5. The largest absolute Gasteiger partial charge is 0.399 e. The predicted octanol–water partition coefficient (Wildman–Crippen LogP) is 7.34. The summed E-state index contributed by atoms with van der Waals surface area (Å²) in [4.78, 5) is 40.8. The fraction of sp³-hybridized carbons (Fsp3) is 0.429. The van der Waals surface area contributed by atoms with E-state index in [1.54, 1.807) is 14.2 Å². The van der Waals surface area contributed by atoms with Crippen LogP contribution in [0.2, 0.25) is 0 Å². The Morgan fingerprint density at radius 1 is 0.611 bits per heavy atom. The normalized spacial score (nSPS) is 17.2. The number of rotatable bonds is 16. The molecule has 0 saturated carbocycles. The van der Waals surface area contributed by atoms with Crippen molar-refractivity contribution < 1.29 is 19.4 Å². The van der Waals surface area contributed by atoms with Crippen LogP contribution in [0.1, 0.15) is 115 Å². The number of hydrogen-bond acceptors (Lipinski definition) is 12. The van der Waals surface area contributed by atoms with E-state index >= 15 is 0 Å². The van der Waals surface area contributed by atoms with Gasteiger partial charge in [-0.2, -0.15) is 0 Å². The highest BCUT2D eigenvalue weighted by atomic mass is 16.6. The van der Waals surface area contributed by atoms with Gasteiger partial charge in [0.2, 0.25) is 0 Å². The van der Waals surface area contributed by atoms with Crippen LogP contribution < -0.4 is 0 Å². The molecule has 0 fully saturated rings. The predicted molar refractivity (Wildman–Crippen MR) is 210 cm³/mol. The molecule has 6 rings (SSSR count). The summed E-state index contributed by atoms with van der Waals surface area (Å²) in [5.41, 5.74) is 13.3. The van der Waals surface area contributed by atoms with Crippen molar-refractivity contribution in [3.63, 3.8) is 0 Å². The number of nitrogens with zero attached hydrogens (tertiary/aromatic N) is 8. The van der Waals surface area contributed by atoms with Crippen LogP contribution in [0.4, 0.5) is 0 Å². The molecule has 4 heterocycles. The zero-order chi connectivity index (χ0) is 37.7. The second-order valence-electron chi connectivity index (χ2n) is 13.6. The molecule has 2 aliphatic carbocycles. The zero-order valence-electron chi connectivity index (χ0n) is 32.0. The van der Waals surface area contributed by atoms with E-state index in [1.165, 1.54) is 12.7 Å². The summed E-state index contributed by atoms with van der Waals surface area (Å²) in [7, 11) is 4.71. The van der Waals surface area contributed by atoms with Gasteiger partial charge in [0, 0.05) is 28.7 Å². The number of pyridine rings is 4. The van der Waals surface area contributed by atoms with Gasteiger partial charge in [-0.15, -0.1) is 0 Å². The van der Waals surface area contributed by atoms with Crippen LogP contribution >= 0.6 is 0 Å². The SMILES string of the molecule is CON=C(C)c1cccc(CCCc2cccc(C(C)=NOCC3CCC(=NOC)c4nc(CCCc5ccc6c(n5)C(=NOC)CCC6)ccc43)n2)n1. The molecule has 54 heavy (non-hydrogen) atoms. The third-order valence-corrected chi connectivity index (χ3v) is 9.79. The molecule has 0 amide bonds. The Morgan fingerprint density at radius 2 is 1.19 bits per heavy atom. The van der Waals surface area contributed by atoms with Crippen molar-refractivity contribution in [1.82, 2.24) is 19.9 Å². The average molecular weight is 731 g/mol. The minimum atomic E-state index is 0.132. The Bertz CT molecular complexity index is 2030. The lowest BCUT2D eigenvalue weighted by molar-refractivity contribution is 0.126. The van der Waals surface area contributed by atoms with Crippen LogP contribution in [0.5, 0.6) is 0 Å². The van der Waals surface area contributed by atoms with Crippen LogP contribution in [-0.2, 0) is 51.5 Å². The van der Waals surface area contributed by atoms with Gasteiger partial charge in [0.25, 0.3) is 0 Å². The third-order valence-electron chi connectivity index (χ3n) is 9.79. The van der Waals surface area contributed by atoms with Crippen molar-refractivity contribution in [1.29, 1.82) is 0 Å². The number of oxime groups is 4. The molecule has 0 aromatic carbocycles. The first-order valence-electron chi connectivity index (χ1n) is 18.8. The van der Waals surface area contributed by atoms with E-state index in [0.717, 1.165) is 145 Å². The minimum absolute atomic E-state index is 0.132. The van der Waals surface area contributed by atoms with Crippen molar-refractivity contribution in [2.75, 3.05) is 27.9 Å². The lowest BCUT2D eigenvalue weighted by Gasteiger charge is -2.25. The summed E-state index contributed by atoms with van der Waals surface area (Å²) in [5.74, 6) is 0.132. The van der Waals surface area contributed by atoms with Gasteiger partial charge < -0.3 is 19.4 Å². The Labute approximate surface area is 317 Å². The Balaban J connectivity index is 1.04. The second kappa shape index (κ2) is 19.0. The lowest BCUT2D eigenvalue weighted by atomic mass is 9.84. The van der Waals surface area contributed by atoms with Crippen LogP contribution in [0, 0.1) is 0 Å². The molecule has 2 aliphatic rings. The van der Waals surface area contributed by atoms with Gasteiger partial charge in [0.1, 0.15) is 50.8 Å². The molecule has 0 N–H and O–H groups in total. The van der Waals surface area contributed by atoms with E-state index in [4.69, 9.17) is 39.3 Å². The third kappa shape index (κ3) is 9.91. The Hall–Kier alpha value is -5.52. The van der Waals surface area contributed by atoms with E-state index in [9.17, 15) is 0 Å². The second-order valence-corrected chi connectivity index (χ2v) is 13.6. The number of hydrogen-bond donors (Lipinski definition) is 0. The van der Waals surface area contributed by atoms with Crippen molar-refractivity contribution >= 4 is 22.8 Å². The molecular formula is C42H50N8O4. The van der Waals surface area contributed by atoms with Crippen LogP contribution in [0.3, 0.4) is 0 Å². The highest BCUT2D eigenvalue weighted by Gasteiger charge is 2.27. The molecule has 4 aromatic rings. The standard InChI is InChI=1S/C42H50N8O4/c1-28(47-51-3)37-18-9-16-32(43-37)12-7-13-33-17-10-19-38(44-33)29(2)48-54-27-31-22-26-40(50-53-5)42-36(31)25-24-35(46-42)15-8-14-34-23-21-30-11-6-20-39(49-52-4)41(30)45-34/h9-10,16-19,21,23-25,31H,6-8,11-15,20,22,26-27H2,1-5H3. The summed E-state index contributed by atoms with van der Waals surface area (Å²) in [5, 5.41) is 17.0. The summed E-state index contributed by atoms with van der Waals surface area (Å²) in [6.45, 7) is 4.26. The highest BCUT2D eigenvalue weighted by molar-refractivity contribution is 6.01. The summed E-state index contributed by atoms with van der Waals surface area (Å²) >= 11 is 0. The minimum Gasteiger partial charge on any atom is -0.399 e. The molecule has 1 unspecified atom stereocenters. The molecule has 0 saturated heterocycles. The van der Waals surface area contributed by atoms with Crippen LogP contribution in [0.25, 0.3) is 0 Å². The maximum absolute atomic E-state index is 5.97. The quantitative estimate of drug-likeness (QED) is 0.0863. The van der Waals surface area contributed by atoms with Gasteiger partial charge in [-0.25, -0.2) is 0 Å². The Kier molecular flexibility index (Phi) is 13.4. The molecular weight excluding hydrogens is 681 g/mol. The molecule has 12 heteroatoms. The molecule has 1 atom stereocenters. The van der Waals surface area contributed by atoms with E-state index in [2.05, 4.69) is 51.0 Å². The molecule has 0 spiro atoms. The highest BCUT2D eigenvalue weighted by Crippen LogP contribution is 2.32. The fourth-order valence-electron chi connectivity index (χ4n) is 7.05. The average Bonchev–Trinajstić information content (AvgIpc) is 3.19. The summed E-state index contributed by atoms with van der Waals surface area (Å²) in [6, 6.07) is 20.7. The first-order chi connectivity index (χ1) is 26.4. The van der Waals surface area contributed by atoms with Gasteiger partial charge in [0.05, 0.1) is 22.8 Å². The maximum Gasteiger partial charge on any atom is 0.124 e. The molecule has 0 radical (unpaired) electrons. The van der Waals surface area contributed by atoms with Crippen LogP contribution in [-0.4, -0.2) is 70.7 Å². The van der Waals surface area contributed by atoms with Gasteiger partial charge in [-0.05, 0) is 132 Å². The van der Waals surface area contributed by atoms with Gasteiger partial charge in [-0.1, -0.05) is 44.9 Å². The van der Waals surface area contributed by atoms with Crippen molar-refractivity contribution in [3.8, 4) is 0 Å². The van der Waals surface area contributed by atoms with Gasteiger partial charge in [-0.3, -0.25) is 19.9 Å². The number of aromatic nitrogens is 4. The Morgan fingerprint density at radius 3 is 1.81 bits per heavy atom. The zero-order valence-corrected chi connectivity index (χ0v) is 32.0. The van der Waals surface area contributed by atoms with Crippen molar-refractivity contribution in [3.05, 3.63) is 117 Å². The van der Waals surface area contributed by atoms with E-state index < -0.39 is 0 Å². The topological polar surface area (TPSA) is 138 Å². The van der Waals surface area contributed by atoms with Crippen molar-refractivity contribution in [2.45, 2.75) is 90.4 Å². The molecule has 12 nitrogen and oxygen atoms in total. The van der Waals surface area contributed by atoms with Crippen molar-refractivity contribution in [2.24, 2.45) is 20.6 Å². The summed E-state index contributed by atoms with van der Waals surface area (Å²) in [6.07, 6.45) is 9.82.